The van der Waals surface area contributed by atoms with Gasteiger partial charge in [0.05, 0.1) is 4.92 Å². The molecule has 1 fully saturated rings. The Hall–Kier alpha value is -2.35. The molecule has 8 heteroatoms. The van der Waals surface area contributed by atoms with Crippen molar-refractivity contribution in [2.24, 2.45) is 0 Å². The molecule has 0 spiro atoms. The van der Waals surface area contributed by atoms with Crippen molar-refractivity contribution in [3.63, 3.8) is 0 Å². The van der Waals surface area contributed by atoms with Gasteiger partial charge in [0.2, 0.25) is 0 Å². The number of hydrogen-bond acceptors (Lipinski definition) is 6. The number of aromatic nitrogens is 2. The van der Waals surface area contributed by atoms with Gasteiger partial charge in [0, 0.05) is 57.3 Å². The van der Waals surface area contributed by atoms with Gasteiger partial charge in [-0.05, 0) is 38.3 Å². The van der Waals surface area contributed by atoms with Crippen molar-refractivity contribution < 1.29 is 9.13 Å². The maximum atomic E-state index is 12.1. The summed E-state index contributed by atoms with van der Waals surface area (Å²) in [6, 6.07) is 8.39. The monoisotopic (exact) mass is 388 g/mol. The zero-order valence-electron chi connectivity index (χ0n) is 15.6. The first kappa shape index (κ1) is 19.4. The van der Waals surface area contributed by atoms with E-state index in [9.17, 15) is 14.3 Å². The van der Waals surface area contributed by atoms with Crippen molar-refractivity contribution in [3.05, 3.63) is 46.1 Å². The number of aryl methyl sites for hydroxylation is 1. The predicted molar refractivity (Wildman–Crippen MR) is 107 cm³/mol. The van der Waals surface area contributed by atoms with Gasteiger partial charge in [-0.15, -0.1) is 0 Å². The quantitative estimate of drug-likeness (QED) is 0.596. The molecule has 1 saturated carbocycles. The van der Waals surface area contributed by atoms with Crippen LogP contribution in [-0.4, -0.2) is 36.1 Å². The minimum absolute atomic E-state index is 0.0434. The average Bonchev–Trinajstić information content (AvgIpc) is 2.67. The molecule has 144 valence electrons. The Balaban J connectivity index is 1.77. The van der Waals surface area contributed by atoms with Crippen LogP contribution in [0.15, 0.2) is 30.3 Å². The molecule has 0 radical (unpaired) electrons. The van der Waals surface area contributed by atoms with E-state index in [2.05, 4.69) is 15.3 Å². The lowest BCUT2D eigenvalue weighted by molar-refractivity contribution is -0.384. The highest BCUT2D eigenvalue weighted by Crippen LogP contribution is 2.26. The van der Waals surface area contributed by atoms with Gasteiger partial charge < -0.3 is 5.32 Å². The molecule has 3 atom stereocenters. The molecule has 3 unspecified atom stereocenters. The van der Waals surface area contributed by atoms with Gasteiger partial charge >= 0.3 is 0 Å². The summed E-state index contributed by atoms with van der Waals surface area (Å²) >= 11 is 0. The number of benzene rings is 1. The first-order chi connectivity index (χ1) is 13.0. The summed E-state index contributed by atoms with van der Waals surface area (Å²) in [7, 11) is -0.765. The SMILES string of the molecule is CCS(=O)C1CCCC(Nc2cc(C)nc(-c3ccc([N+](=O)[O-])cc3)n2)C1. The predicted octanol–water partition coefficient (Wildman–Crippen LogP) is 3.85. The normalized spacial score (nSPS) is 20.8. The molecule has 0 saturated heterocycles. The van der Waals surface area contributed by atoms with Crippen LogP contribution in [0.5, 0.6) is 0 Å². The van der Waals surface area contributed by atoms with E-state index in [1.165, 1.54) is 12.1 Å². The van der Waals surface area contributed by atoms with E-state index >= 15 is 0 Å². The van der Waals surface area contributed by atoms with Gasteiger partial charge in [-0.2, -0.15) is 0 Å². The molecule has 7 nitrogen and oxygen atoms in total. The molecule has 0 bridgehead atoms. The second-order valence-electron chi connectivity index (χ2n) is 6.82. The van der Waals surface area contributed by atoms with E-state index in [4.69, 9.17) is 0 Å². The van der Waals surface area contributed by atoms with Crippen LogP contribution in [0.3, 0.4) is 0 Å². The van der Waals surface area contributed by atoms with E-state index in [0.717, 1.165) is 42.8 Å². The number of hydrogen-bond donors (Lipinski definition) is 1. The molecular formula is C19H24N4O3S. The lowest BCUT2D eigenvalue weighted by Gasteiger charge is -2.29. The van der Waals surface area contributed by atoms with Gasteiger partial charge in [-0.25, -0.2) is 9.97 Å². The van der Waals surface area contributed by atoms with Crippen molar-refractivity contribution in [2.75, 3.05) is 11.1 Å². The van der Waals surface area contributed by atoms with Crippen molar-refractivity contribution in [2.45, 2.75) is 50.8 Å². The number of nitrogens with zero attached hydrogens (tertiary/aromatic N) is 3. The smallest absolute Gasteiger partial charge is 0.269 e. The fourth-order valence-electron chi connectivity index (χ4n) is 3.46. The Bertz CT molecular complexity index is 841. The van der Waals surface area contributed by atoms with Crippen LogP contribution in [0.1, 0.15) is 38.3 Å². The fraction of sp³-hybridized carbons (Fsp3) is 0.474. The topological polar surface area (TPSA) is 98.0 Å². The van der Waals surface area contributed by atoms with Crippen molar-refractivity contribution >= 4 is 22.3 Å². The summed E-state index contributed by atoms with van der Waals surface area (Å²) in [4.78, 5) is 19.4. The highest BCUT2D eigenvalue weighted by atomic mass is 32.2. The molecule has 27 heavy (non-hydrogen) atoms. The zero-order chi connectivity index (χ0) is 19.4. The number of rotatable bonds is 6. The first-order valence-corrected chi connectivity index (χ1v) is 10.6. The van der Waals surface area contributed by atoms with Gasteiger partial charge in [0.1, 0.15) is 5.82 Å². The van der Waals surface area contributed by atoms with E-state index in [-0.39, 0.29) is 17.0 Å². The Morgan fingerprint density at radius 1 is 1.26 bits per heavy atom. The van der Waals surface area contributed by atoms with Crippen molar-refractivity contribution in [1.82, 2.24) is 9.97 Å². The average molecular weight is 388 g/mol. The number of nitro benzene ring substituents is 1. The highest BCUT2D eigenvalue weighted by molar-refractivity contribution is 7.85. The number of anilines is 1. The van der Waals surface area contributed by atoms with Crippen LogP contribution >= 0.6 is 0 Å². The largest absolute Gasteiger partial charge is 0.367 e. The van der Waals surface area contributed by atoms with Gasteiger partial charge in [0.25, 0.3) is 5.69 Å². The number of nitro groups is 1. The number of non-ortho nitro benzene ring substituents is 1. The van der Waals surface area contributed by atoms with Crippen LogP contribution in [0.4, 0.5) is 11.5 Å². The Kier molecular flexibility index (Phi) is 6.15. The van der Waals surface area contributed by atoms with Crippen LogP contribution < -0.4 is 5.32 Å². The molecule has 1 aliphatic rings. The molecular weight excluding hydrogens is 364 g/mol. The molecule has 3 rings (SSSR count). The zero-order valence-corrected chi connectivity index (χ0v) is 16.4. The molecule has 0 aliphatic heterocycles. The van der Waals surface area contributed by atoms with Crippen molar-refractivity contribution in [3.8, 4) is 11.4 Å². The molecule has 1 aliphatic carbocycles. The lowest BCUT2D eigenvalue weighted by Crippen LogP contribution is -2.33. The van der Waals surface area contributed by atoms with Crippen LogP contribution in [0, 0.1) is 17.0 Å². The maximum absolute atomic E-state index is 12.1. The standard InChI is InChI=1S/C19H24N4O3S/c1-3-27(26)17-6-4-5-15(12-17)21-18-11-13(2)20-19(22-18)14-7-9-16(10-8-14)23(24)25/h7-11,15,17H,3-6,12H2,1-2H3,(H,20,21,22). The Labute approximate surface area is 161 Å². The molecule has 2 aromatic rings. The summed E-state index contributed by atoms with van der Waals surface area (Å²) in [6.45, 7) is 3.87. The summed E-state index contributed by atoms with van der Waals surface area (Å²) in [5.41, 5.74) is 1.60. The van der Waals surface area contributed by atoms with E-state index < -0.39 is 15.7 Å². The second-order valence-corrected chi connectivity index (χ2v) is 8.83. The summed E-state index contributed by atoms with van der Waals surface area (Å²) in [6.07, 6.45) is 4.01. The molecule has 1 heterocycles. The first-order valence-electron chi connectivity index (χ1n) is 9.20. The summed E-state index contributed by atoms with van der Waals surface area (Å²) in [5.74, 6) is 1.98. The van der Waals surface area contributed by atoms with Crippen molar-refractivity contribution in [1.29, 1.82) is 0 Å². The third-order valence-electron chi connectivity index (χ3n) is 4.82. The van der Waals surface area contributed by atoms with E-state index in [1.54, 1.807) is 12.1 Å². The summed E-state index contributed by atoms with van der Waals surface area (Å²) < 4.78 is 12.1. The minimum Gasteiger partial charge on any atom is -0.367 e. The van der Waals surface area contributed by atoms with E-state index in [1.807, 2.05) is 19.9 Å². The van der Waals surface area contributed by atoms with Gasteiger partial charge in [-0.3, -0.25) is 14.3 Å². The summed E-state index contributed by atoms with van der Waals surface area (Å²) in [5, 5.41) is 14.5. The van der Waals surface area contributed by atoms with E-state index in [0.29, 0.717) is 11.6 Å². The van der Waals surface area contributed by atoms with Gasteiger partial charge in [0.15, 0.2) is 5.82 Å². The second kappa shape index (κ2) is 8.56. The third-order valence-corrected chi connectivity index (χ3v) is 6.57. The molecule has 1 aromatic carbocycles. The Morgan fingerprint density at radius 2 is 2.00 bits per heavy atom. The van der Waals surface area contributed by atoms with Gasteiger partial charge in [-0.1, -0.05) is 13.3 Å². The molecule has 1 aromatic heterocycles. The lowest BCUT2D eigenvalue weighted by atomic mass is 9.95. The Morgan fingerprint density at radius 3 is 2.67 bits per heavy atom. The molecule has 0 amide bonds. The minimum atomic E-state index is -0.765. The molecule has 1 N–H and O–H groups in total. The highest BCUT2D eigenvalue weighted by Gasteiger charge is 2.25. The number of nitrogens with one attached hydrogen (secondary N) is 1. The maximum Gasteiger partial charge on any atom is 0.269 e. The fourth-order valence-corrected chi connectivity index (χ4v) is 4.81. The van der Waals surface area contributed by atoms with Crippen LogP contribution in [0.25, 0.3) is 11.4 Å². The van der Waals surface area contributed by atoms with Crippen LogP contribution in [0.2, 0.25) is 0 Å². The van der Waals surface area contributed by atoms with Crippen LogP contribution in [-0.2, 0) is 10.8 Å². The third kappa shape index (κ3) is 4.88.